The number of ether oxygens (including phenoxy) is 2. The van der Waals surface area contributed by atoms with Crippen LogP contribution in [0.15, 0.2) is 0 Å². The summed E-state index contributed by atoms with van der Waals surface area (Å²) in [6.07, 6.45) is 7.27. The minimum atomic E-state index is -0.401. The Morgan fingerprint density at radius 1 is 1.07 bits per heavy atom. The molecule has 82 valence electrons. The van der Waals surface area contributed by atoms with E-state index in [1.165, 1.54) is 32.1 Å². The molecular weight excluding hydrogens is 176 g/mol. The first kappa shape index (κ1) is 10.4. The lowest BCUT2D eigenvalue weighted by Gasteiger charge is -2.30. The third-order valence-corrected chi connectivity index (χ3v) is 3.94. The summed E-state index contributed by atoms with van der Waals surface area (Å²) in [6.45, 7) is 4.02. The average Bonchev–Trinajstić information content (AvgIpc) is 2.70. The van der Waals surface area contributed by atoms with Gasteiger partial charge < -0.3 is 9.47 Å². The smallest absolute Gasteiger partial charge is 0.162 e. The monoisotopic (exact) mass is 198 g/mol. The van der Waals surface area contributed by atoms with Gasteiger partial charge in [0.25, 0.3) is 0 Å². The molecule has 2 heteroatoms. The molecule has 0 aliphatic heterocycles. The Morgan fingerprint density at radius 2 is 1.86 bits per heavy atom. The highest BCUT2D eigenvalue weighted by Gasteiger charge is 2.41. The molecule has 0 heterocycles. The summed E-state index contributed by atoms with van der Waals surface area (Å²) in [6, 6.07) is 0. The van der Waals surface area contributed by atoms with Crippen molar-refractivity contribution in [2.45, 2.75) is 57.8 Å². The van der Waals surface area contributed by atoms with E-state index in [4.69, 9.17) is 9.47 Å². The second-order valence-corrected chi connectivity index (χ2v) is 5.19. The van der Waals surface area contributed by atoms with Crippen molar-refractivity contribution in [2.75, 3.05) is 7.11 Å². The standard InChI is InChI=1S/C12H22O2/c1-12(2,13-3)14-11-8-7-9-5-4-6-10(9)11/h9-11H,4-8H2,1-3H3. The van der Waals surface area contributed by atoms with Crippen LogP contribution in [0, 0.1) is 11.8 Å². The zero-order valence-corrected chi connectivity index (χ0v) is 9.58. The predicted octanol–water partition coefficient (Wildman–Crippen LogP) is 2.96. The fraction of sp³-hybridized carbons (Fsp3) is 1.00. The van der Waals surface area contributed by atoms with Gasteiger partial charge >= 0.3 is 0 Å². The summed E-state index contributed by atoms with van der Waals surface area (Å²) < 4.78 is 11.4. The van der Waals surface area contributed by atoms with Gasteiger partial charge in [-0.15, -0.1) is 0 Å². The van der Waals surface area contributed by atoms with Crippen LogP contribution in [0.4, 0.5) is 0 Å². The molecule has 0 bridgehead atoms. The van der Waals surface area contributed by atoms with Gasteiger partial charge in [0.15, 0.2) is 5.79 Å². The summed E-state index contributed by atoms with van der Waals surface area (Å²) >= 11 is 0. The summed E-state index contributed by atoms with van der Waals surface area (Å²) in [5.74, 6) is 1.37. The number of hydrogen-bond acceptors (Lipinski definition) is 2. The van der Waals surface area contributed by atoms with Crippen LogP contribution in [0.2, 0.25) is 0 Å². The minimum Gasteiger partial charge on any atom is -0.354 e. The molecule has 0 N–H and O–H groups in total. The lowest BCUT2D eigenvalue weighted by Crippen LogP contribution is -2.34. The van der Waals surface area contributed by atoms with E-state index < -0.39 is 5.79 Å². The Bertz CT molecular complexity index is 200. The molecule has 2 aliphatic carbocycles. The van der Waals surface area contributed by atoms with Crippen LogP contribution in [-0.2, 0) is 9.47 Å². The van der Waals surface area contributed by atoms with Crippen molar-refractivity contribution in [3.63, 3.8) is 0 Å². The van der Waals surface area contributed by atoms with Crippen LogP contribution in [0.25, 0.3) is 0 Å². The first-order valence-electron chi connectivity index (χ1n) is 5.85. The van der Waals surface area contributed by atoms with Gasteiger partial charge in [0.1, 0.15) is 0 Å². The molecule has 2 saturated carbocycles. The van der Waals surface area contributed by atoms with Crippen molar-refractivity contribution in [3.05, 3.63) is 0 Å². The first-order valence-corrected chi connectivity index (χ1v) is 5.85. The van der Waals surface area contributed by atoms with Gasteiger partial charge in [-0.1, -0.05) is 12.8 Å². The maximum absolute atomic E-state index is 6.04. The largest absolute Gasteiger partial charge is 0.354 e. The molecule has 2 nitrogen and oxygen atoms in total. The highest BCUT2D eigenvalue weighted by molar-refractivity contribution is 4.90. The molecular formula is C12H22O2. The Kier molecular flexibility index (Phi) is 2.85. The molecule has 2 rings (SSSR count). The summed E-state index contributed by atoms with van der Waals surface area (Å²) in [4.78, 5) is 0. The van der Waals surface area contributed by atoms with Crippen LogP contribution < -0.4 is 0 Å². The van der Waals surface area contributed by atoms with Crippen molar-refractivity contribution in [3.8, 4) is 0 Å². The number of rotatable bonds is 3. The number of hydrogen-bond donors (Lipinski definition) is 0. The molecule has 0 aromatic rings. The zero-order valence-electron chi connectivity index (χ0n) is 9.58. The summed E-state index contributed by atoms with van der Waals surface area (Å²) in [7, 11) is 1.72. The van der Waals surface area contributed by atoms with Crippen molar-refractivity contribution < 1.29 is 9.47 Å². The van der Waals surface area contributed by atoms with Crippen LogP contribution >= 0.6 is 0 Å². The molecule has 0 radical (unpaired) electrons. The summed E-state index contributed by atoms with van der Waals surface area (Å²) in [5.41, 5.74) is 0. The lowest BCUT2D eigenvalue weighted by molar-refractivity contribution is -0.229. The fourth-order valence-electron chi connectivity index (χ4n) is 3.06. The van der Waals surface area contributed by atoms with Crippen molar-refractivity contribution >= 4 is 0 Å². The predicted molar refractivity (Wildman–Crippen MR) is 56.0 cm³/mol. The van der Waals surface area contributed by atoms with Gasteiger partial charge in [-0.2, -0.15) is 0 Å². The molecule has 0 spiro atoms. The van der Waals surface area contributed by atoms with E-state index in [-0.39, 0.29) is 0 Å². The number of methoxy groups -OCH3 is 1. The van der Waals surface area contributed by atoms with E-state index in [1.54, 1.807) is 7.11 Å². The van der Waals surface area contributed by atoms with Crippen LogP contribution in [0.5, 0.6) is 0 Å². The molecule has 3 unspecified atom stereocenters. The maximum Gasteiger partial charge on any atom is 0.162 e. The highest BCUT2D eigenvalue weighted by Crippen LogP contribution is 2.46. The van der Waals surface area contributed by atoms with Crippen LogP contribution in [0.3, 0.4) is 0 Å². The van der Waals surface area contributed by atoms with Gasteiger partial charge in [-0.05, 0) is 44.9 Å². The van der Waals surface area contributed by atoms with E-state index >= 15 is 0 Å². The van der Waals surface area contributed by atoms with Gasteiger partial charge in [-0.3, -0.25) is 0 Å². The molecule has 0 aromatic carbocycles. The van der Waals surface area contributed by atoms with Gasteiger partial charge in [-0.25, -0.2) is 0 Å². The second kappa shape index (κ2) is 3.82. The van der Waals surface area contributed by atoms with E-state index in [0.717, 1.165) is 11.8 Å². The fourth-order valence-corrected chi connectivity index (χ4v) is 3.06. The maximum atomic E-state index is 6.04. The molecule has 0 saturated heterocycles. The SMILES string of the molecule is COC(C)(C)OC1CCC2CCCC21. The van der Waals surface area contributed by atoms with Crippen LogP contribution in [-0.4, -0.2) is 19.0 Å². The Hall–Kier alpha value is -0.0800. The van der Waals surface area contributed by atoms with Gasteiger partial charge in [0.05, 0.1) is 6.10 Å². The quantitative estimate of drug-likeness (QED) is 0.649. The first-order chi connectivity index (χ1) is 6.62. The van der Waals surface area contributed by atoms with Crippen LogP contribution in [0.1, 0.15) is 46.0 Å². The van der Waals surface area contributed by atoms with Crippen molar-refractivity contribution in [2.24, 2.45) is 11.8 Å². The lowest BCUT2D eigenvalue weighted by atomic mass is 9.99. The topological polar surface area (TPSA) is 18.5 Å². The normalized spacial score (nSPS) is 37.5. The third-order valence-electron chi connectivity index (χ3n) is 3.94. The summed E-state index contributed by atoms with van der Waals surface area (Å²) in [5, 5.41) is 0. The molecule has 14 heavy (non-hydrogen) atoms. The van der Waals surface area contributed by atoms with E-state index in [2.05, 4.69) is 0 Å². The zero-order chi connectivity index (χ0) is 10.2. The molecule has 2 fully saturated rings. The Balaban J connectivity index is 1.93. The van der Waals surface area contributed by atoms with E-state index in [1.807, 2.05) is 13.8 Å². The van der Waals surface area contributed by atoms with Crippen molar-refractivity contribution in [1.82, 2.24) is 0 Å². The molecule has 0 aromatic heterocycles. The van der Waals surface area contributed by atoms with E-state index in [9.17, 15) is 0 Å². The van der Waals surface area contributed by atoms with Gasteiger partial charge in [0.2, 0.25) is 0 Å². The minimum absolute atomic E-state index is 0.401. The molecule has 2 aliphatic rings. The third kappa shape index (κ3) is 1.96. The second-order valence-electron chi connectivity index (χ2n) is 5.19. The van der Waals surface area contributed by atoms with Gasteiger partial charge in [0, 0.05) is 7.11 Å². The van der Waals surface area contributed by atoms with Crippen molar-refractivity contribution in [1.29, 1.82) is 0 Å². The highest BCUT2D eigenvalue weighted by atomic mass is 16.7. The number of fused-ring (bicyclic) bond motifs is 1. The molecule has 3 atom stereocenters. The average molecular weight is 198 g/mol. The molecule has 0 amide bonds. The Morgan fingerprint density at radius 3 is 2.57 bits per heavy atom. The Labute approximate surface area is 87.0 Å². The van der Waals surface area contributed by atoms with E-state index in [0.29, 0.717) is 6.10 Å².